The average molecular weight is 265 g/mol. The SMILES string of the molecule is C/C=C\C=C(C)c1ccc2c3c(n(C)c2c1)CCCC3. The lowest BCUT2D eigenvalue weighted by atomic mass is 9.95. The molecule has 0 saturated carbocycles. The maximum Gasteiger partial charge on any atom is 0.0488 e. The number of allylic oxidation sites excluding steroid dienone is 4. The molecule has 0 aliphatic heterocycles. The van der Waals surface area contributed by atoms with Crippen LogP contribution in [0.25, 0.3) is 16.5 Å². The van der Waals surface area contributed by atoms with Gasteiger partial charge in [-0.05, 0) is 62.3 Å². The minimum Gasteiger partial charge on any atom is -0.347 e. The van der Waals surface area contributed by atoms with Gasteiger partial charge in [-0.2, -0.15) is 0 Å². The lowest BCUT2D eigenvalue weighted by Crippen LogP contribution is -2.04. The Morgan fingerprint density at radius 1 is 1.20 bits per heavy atom. The predicted octanol–water partition coefficient (Wildman–Crippen LogP) is 5.04. The number of aromatic nitrogens is 1. The average Bonchev–Trinajstić information content (AvgIpc) is 2.78. The van der Waals surface area contributed by atoms with Crippen molar-refractivity contribution in [2.24, 2.45) is 7.05 Å². The van der Waals surface area contributed by atoms with Crippen LogP contribution >= 0.6 is 0 Å². The Bertz CT molecular complexity index is 698. The summed E-state index contributed by atoms with van der Waals surface area (Å²) in [6, 6.07) is 6.94. The molecular weight excluding hydrogens is 242 g/mol. The van der Waals surface area contributed by atoms with Gasteiger partial charge in [0.05, 0.1) is 0 Å². The molecule has 0 radical (unpaired) electrons. The first-order valence-corrected chi connectivity index (χ1v) is 7.62. The smallest absolute Gasteiger partial charge is 0.0488 e. The van der Waals surface area contributed by atoms with Crippen molar-refractivity contribution in [2.75, 3.05) is 0 Å². The van der Waals surface area contributed by atoms with Crippen LogP contribution in [0.1, 0.15) is 43.5 Å². The highest BCUT2D eigenvalue weighted by Gasteiger charge is 2.18. The van der Waals surface area contributed by atoms with E-state index in [1.54, 1.807) is 11.3 Å². The molecule has 0 unspecified atom stereocenters. The predicted molar refractivity (Wildman–Crippen MR) is 88.0 cm³/mol. The van der Waals surface area contributed by atoms with Gasteiger partial charge in [-0.1, -0.05) is 30.4 Å². The Labute approximate surface area is 121 Å². The van der Waals surface area contributed by atoms with E-state index in [1.165, 1.54) is 47.7 Å². The second-order valence-electron chi connectivity index (χ2n) is 5.80. The largest absolute Gasteiger partial charge is 0.347 e. The molecule has 0 bridgehead atoms. The van der Waals surface area contributed by atoms with Crippen molar-refractivity contribution in [1.29, 1.82) is 0 Å². The van der Waals surface area contributed by atoms with Crippen LogP contribution < -0.4 is 0 Å². The van der Waals surface area contributed by atoms with Crippen LogP contribution in [-0.4, -0.2) is 4.57 Å². The van der Waals surface area contributed by atoms with Gasteiger partial charge in [0.25, 0.3) is 0 Å². The molecule has 1 heterocycles. The van der Waals surface area contributed by atoms with Crippen molar-refractivity contribution in [3.8, 4) is 0 Å². The van der Waals surface area contributed by atoms with Gasteiger partial charge in [-0.15, -0.1) is 0 Å². The van der Waals surface area contributed by atoms with E-state index in [-0.39, 0.29) is 0 Å². The fourth-order valence-corrected chi connectivity index (χ4v) is 3.34. The molecular formula is C19H23N. The van der Waals surface area contributed by atoms with E-state index in [4.69, 9.17) is 0 Å². The van der Waals surface area contributed by atoms with Crippen LogP contribution in [0.15, 0.2) is 36.4 Å². The zero-order valence-corrected chi connectivity index (χ0v) is 12.7. The number of aryl methyl sites for hydroxylation is 2. The molecule has 1 heteroatoms. The number of fused-ring (bicyclic) bond motifs is 3. The van der Waals surface area contributed by atoms with Crippen LogP contribution in [0.3, 0.4) is 0 Å². The van der Waals surface area contributed by atoms with Crippen molar-refractivity contribution < 1.29 is 0 Å². The van der Waals surface area contributed by atoms with Crippen molar-refractivity contribution in [2.45, 2.75) is 39.5 Å². The Hall–Kier alpha value is -1.76. The Morgan fingerprint density at radius 3 is 2.80 bits per heavy atom. The van der Waals surface area contributed by atoms with Crippen LogP contribution in [0.5, 0.6) is 0 Å². The normalized spacial score (nSPS) is 16.1. The van der Waals surface area contributed by atoms with Gasteiger partial charge in [0.15, 0.2) is 0 Å². The third-order valence-electron chi connectivity index (χ3n) is 4.52. The summed E-state index contributed by atoms with van der Waals surface area (Å²) >= 11 is 0. The zero-order chi connectivity index (χ0) is 14.1. The lowest BCUT2D eigenvalue weighted by Gasteiger charge is -2.12. The molecule has 3 rings (SSSR count). The summed E-state index contributed by atoms with van der Waals surface area (Å²) in [6.45, 7) is 4.24. The number of hydrogen-bond acceptors (Lipinski definition) is 0. The first-order chi connectivity index (χ1) is 9.72. The highest BCUT2D eigenvalue weighted by Crippen LogP contribution is 2.32. The van der Waals surface area contributed by atoms with E-state index in [0.29, 0.717) is 0 Å². The standard InChI is InChI=1S/C19H23N/c1-4-5-8-14(2)15-11-12-17-16-9-6-7-10-18(16)20(3)19(17)13-15/h4-5,8,11-13H,6-7,9-10H2,1-3H3/b5-4-,14-8?. The molecule has 2 aromatic rings. The van der Waals surface area contributed by atoms with E-state index < -0.39 is 0 Å². The molecule has 0 saturated heterocycles. The number of rotatable bonds is 2. The molecule has 1 nitrogen and oxygen atoms in total. The minimum absolute atomic E-state index is 1.24. The number of nitrogens with zero attached hydrogens (tertiary/aromatic N) is 1. The number of benzene rings is 1. The number of hydrogen-bond donors (Lipinski definition) is 0. The minimum atomic E-state index is 1.24. The monoisotopic (exact) mass is 265 g/mol. The summed E-state index contributed by atoms with van der Waals surface area (Å²) < 4.78 is 2.41. The van der Waals surface area contributed by atoms with Gasteiger partial charge in [-0.25, -0.2) is 0 Å². The highest BCUT2D eigenvalue weighted by molar-refractivity contribution is 5.88. The fraction of sp³-hybridized carbons (Fsp3) is 0.368. The van der Waals surface area contributed by atoms with Gasteiger partial charge in [0.1, 0.15) is 0 Å². The van der Waals surface area contributed by atoms with Crippen LogP contribution in [-0.2, 0) is 19.9 Å². The van der Waals surface area contributed by atoms with Crippen LogP contribution in [0.4, 0.5) is 0 Å². The first kappa shape index (κ1) is 13.2. The maximum atomic E-state index is 2.41. The van der Waals surface area contributed by atoms with Crippen LogP contribution in [0.2, 0.25) is 0 Å². The van der Waals surface area contributed by atoms with Gasteiger partial charge in [0.2, 0.25) is 0 Å². The molecule has 1 aliphatic carbocycles. The lowest BCUT2D eigenvalue weighted by molar-refractivity contribution is 0.653. The molecule has 1 aromatic heterocycles. The first-order valence-electron chi connectivity index (χ1n) is 7.62. The molecule has 0 atom stereocenters. The molecule has 1 aliphatic rings. The van der Waals surface area contributed by atoms with Gasteiger partial charge in [-0.3, -0.25) is 0 Å². The van der Waals surface area contributed by atoms with E-state index in [2.05, 4.69) is 61.9 Å². The molecule has 0 N–H and O–H groups in total. The summed E-state index contributed by atoms with van der Waals surface area (Å²) in [5.41, 5.74) is 7.19. The van der Waals surface area contributed by atoms with Crippen molar-refractivity contribution in [3.05, 3.63) is 53.2 Å². The Morgan fingerprint density at radius 2 is 2.00 bits per heavy atom. The third-order valence-corrected chi connectivity index (χ3v) is 4.52. The topological polar surface area (TPSA) is 4.93 Å². The third kappa shape index (κ3) is 2.11. The zero-order valence-electron chi connectivity index (χ0n) is 12.7. The molecule has 20 heavy (non-hydrogen) atoms. The van der Waals surface area contributed by atoms with Gasteiger partial charge in [0, 0.05) is 23.6 Å². The van der Waals surface area contributed by atoms with Crippen molar-refractivity contribution in [3.63, 3.8) is 0 Å². The van der Waals surface area contributed by atoms with E-state index >= 15 is 0 Å². The molecule has 104 valence electrons. The summed E-state index contributed by atoms with van der Waals surface area (Å²) in [5, 5.41) is 1.46. The van der Waals surface area contributed by atoms with Gasteiger partial charge >= 0.3 is 0 Å². The van der Waals surface area contributed by atoms with Gasteiger partial charge < -0.3 is 4.57 Å². The Kier molecular flexibility index (Phi) is 3.52. The van der Waals surface area contributed by atoms with E-state index in [0.717, 1.165) is 0 Å². The molecule has 0 fully saturated rings. The van der Waals surface area contributed by atoms with Crippen LogP contribution in [0, 0.1) is 0 Å². The molecule has 0 spiro atoms. The Balaban J connectivity index is 2.14. The summed E-state index contributed by atoms with van der Waals surface area (Å²) in [5.74, 6) is 0. The molecule has 1 aromatic carbocycles. The summed E-state index contributed by atoms with van der Waals surface area (Å²) in [4.78, 5) is 0. The van der Waals surface area contributed by atoms with Crippen molar-refractivity contribution >= 4 is 16.5 Å². The summed E-state index contributed by atoms with van der Waals surface area (Å²) in [6.07, 6.45) is 11.5. The van der Waals surface area contributed by atoms with E-state index in [1.807, 2.05) is 0 Å². The maximum absolute atomic E-state index is 2.41. The summed E-state index contributed by atoms with van der Waals surface area (Å²) in [7, 11) is 2.22. The fourth-order valence-electron chi connectivity index (χ4n) is 3.34. The van der Waals surface area contributed by atoms with Crippen molar-refractivity contribution in [1.82, 2.24) is 4.57 Å². The quantitative estimate of drug-likeness (QED) is 0.671. The second kappa shape index (κ2) is 5.32. The second-order valence-corrected chi connectivity index (χ2v) is 5.80. The highest BCUT2D eigenvalue weighted by atomic mass is 14.9. The molecule has 0 amide bonds. The van der Waals surface area contributed by atoms with E-state index in [9.17, 15) is 0 Å².